The van der Waals surface area contributed by atoms with Gasteiger partial charge in [0.15, 0.2) is 0 Å². The number of aryl methyl sites for hydroxylation is 1. The number of hydrogen-bond donors (Lipinski definition) is 1. The van der Waals surface area contributed by atoms with E-state index in [1.165, 1.54) is 18.4 Å². The van der Waals surface area contributed by atoms with Gasteiger partial charge in [-0.2, -0.15) is 0 Å². The molecule has 88 valence electrons. The molecule has 0 atom stereocenters. The fourth-order valence-corrected chi connectivity index (χ4v) is 2.01. The molecule has 3 nitrogen and oxygen atoms in total. The van der Waals surface area contributed by atoms with Gasteiger partial charge in [-0.3, -0.25) is 0 Å². The Morgan fingerprint density at radius 1 is 1.50 bits per heavy atom. The molecular formula is C13H21N3. The molecule has 0 radical (unpaired) electrons. The minimum absolute atomic E-state index is 0.496. The van der Waals surface area contributed by atoms with E-state index in [1.807, 2.05) is 6.07 Å². The number of nitrogen functional groups attached to an aromatic ring is 1. The van der Waals surface area contributed by atoms with Gasteiger partial charge in [-0.1, -0.05) is 0 Å². The van der Waals surface area contributed by atoms with Crippen molar-refractivity contribution in [2.45, 2.75) is 39.7 Å². The average molecular weight is 219 g/mol. The van der Waals surface area contributed by atoms with Gasteiger partial charge < -0.3 is 10.6 Å². The van der Waals surface area contributed by atoms with Crippen LogP contribution in [0.5, 0.6) is 0 Å². The van der Waals surface area contributed by atoms with Gasteiger partial charge in [-0.05, 0) is 51.2 Å². The van der Waals surface area contributed by atoms with E-state index in [0.29, 0.717) is 6.04 Å². The molecule has 1 aliphatic rings. The van der Waals surface area contributed by atoms with Crippen molar-refractivity contribution in [3.8, 4) is 0 Å². The molecule has 1 aliphatic carbocycles. The molecule has 1 heterocycles. The fourth-order valence-electron chi connectivity index (χ4n) is 2.01. The smallest absolute Gasteiger partial charge is 0.131 e. The zero-order valence-corrected chi connectivity index (χ0v) is 10.4. The van der Waals surface area contributed by atoms with Crippen molar-refractivity contribution >= 4 is 11.5 Å². The Kier molecular flexibility index (Phi) is 3.03. The summed E-state index contributed by atoms with van der Waals surface area (Å²) >= 11 is 0. The highest BCUT2D eigenvalue weighted by Gasteiger charge is 2.26. The standard InChI is InChI=1S/C13H21N3/c1-9(2)16(8-11-4-5-11)13-10(3)6-12(14)7-15-13/h6-7,9,11H,4-5,8,14H2,1-3H3. The topological polar surface area (TPSA) is 42.1 Å². The van der Waals surface area contributed by atoms with Crippen LogP contribution in [-0.2, 0) is 0 Å². The average Bonchev–Trinajstić information content (AvgIpc) is 2.98. The predicted molar refractivity (Wildman–Crippen MR) is 68.6 cm³/mol. The van der Waals surface area contributed by atoms with Crippen molar-refractivity contribution in [1.29, 1.82) is 0 Å². The predicted octanol–water partition coefficient (Wildman–Crippen LogP) is 2.60. The van der Waals surface area contributed by atoms with Gasteiger partial charge in [0.1, 0.15) is 5.82 Å². The number of rotatable bonds is 4. The van der Waals surface area contributed by atoms with Gasteiger partial charge in [0.25, 0.3) is 0 Å². The van der Waals surface area contributed by atoms with E-state index in [2.05, 4.69) is 30.7 Å². The van der Waals surface area contributed by atoms with Crippen LogP contribution in [0.15, 0.2) is 12.3 Å². The summed E-state index contributed by atoms with van der Waals surface area (Å²) < 4.78 is 0. The second-order valence-corrected chi connectivity index (χ2v) is 5.10. The van der Waals surface area contributed by atoms with Crippen molar-refractivity contribution in [2.75, 3.05) is 17.2 Å². The molecule has 1 fully saturated rings. The number of anilines is 2. The third-order valence-electron chi connectivity index (χ3n) is 3.12. The minimum Gasteiger partial charge on any atom is -0.397 e. The van der Waals surface area contributed by atoms with Crippen molar-refractivity contribution in [2.24, 2.45) is 5.92 Å². The minimum atomic E-state index is 0.496. The molecule has 0 aliphatic heterocycles. The molecule has 0 amide bonds. The second kappa shape index (κ2) is 4.32. The van der Waals surface area contributed by atoms with E-state index >= 15 is 0 Å². The lowest BCUT2D eigenvalue weighted by Crippen LogP contribution is -2.34. The first-order chi connectivity index (χ1) is 7.58. The molecule has 2 N–H and O–H groups in total. The summed E-state index contributed by atoms with van der Waals surface area (Å²) in [5.74, 6) is 1.97. The molecule has 1 saturated carbocycles. The number of pyridine rings is 1. The van der Waals surface area contributed by atoms with Crippen LogP contribution in [0.2, 0.25) is 0 Å². The first-order valence-corrected chi connectivity index (χ1v) is 6.06. The summed E-state index contributed by atoms with van der Waals surface area (Å²) in [5, 5.41) is 0. The van der Waals surface area contributed by atoms with Crippen LogP contribution < -0.4 is 10.6 Å². The van der Waals surface area contributed by atoms with E-state index in [9.17, 15) is 0 Å². The van der Waals surface area contributed by atoms with Crippen LogP contribution in [0, 0.1) is 12.8 Å². The Labute approximate surface area is 97.7 Å². The Morgan fingerprint density at radius 3 is 2.69 bits per heavy atom. The Bertz CT molecular complexity index is 369. The largest absolute Gasteiger partial charge is 0.397 e. The highest BCUT2D eigenvalue weighted by Crippen LogP contribution is 2.32. The lowest BCUT2D eigenvalue weighted by Gasteiger charge is -2.29. The molecule has 0 saturated heterocycles. The van der Waals surface area contributed by atoms with Gasteiger partial charge in [-0.15, -0.1) is 0 Å². The number of hydrogen-bond acceptors (Lipinski definition) is 3. The molecule has 16 heavy (non-hydrogen) atoms. The third kappa shape index (κ3) is 2.46. The van der Waals surface area contributed by atoms with Crippen LogP contribution in [0.1, 0.15) is 32.3 Å². The molecule has 1 aromatic rings. The third-order valence-corrected chi connectivity index (χ3v) is 3.12. The first kappa shape index (κ1) is 11.2. The normalized spacial score (nSPS) is 15.5. The number of nitrogens with two attached hydrogens (primary N) is 1. The van der Waals surface area contributed by atoms with E-state index in [4.69, 9.17) is 5.73 Å². The summed E-state index contributed by atoms with van der Waals surface area (Å²) in [5.41, 5.74) is 7.66. The van der Waals surface area contributed by atoms with Crippen molar-refractivity contribution in [3.05, 3.63) is 17.8 Å². The molecule has 3 heteroatoms. The SMILES string of the molecule is Cc1cc(N)cnc1N(CC1CC1)C(C)C. The molecule has 0 spiro atoms. The van der Waals surface area contributed by atoms with E-state index in [0.717, 1.165) is 24.0 Å². The van der Waals surface area contributed by atoms with Crippen molar-refractivity contribution < 1.29 is 0 Å². The Balaban J connectivity index is 2.22. The number of nitrogens with zero attached hydrogens (tertiary/aromatic N) is 2. The van der Waals surface area contributed by atoms with Crippen LogP contribution in [-0.4, -0.2) is 17.6 Å². The summed E-state index contributed by atoms with van der Waals surface area (Å²) in [6.07, 6.45) is 4.50. The van der Waals surface area contributed by atoms with Crippen LogP contribution in [0.25, 0.3) is 0 Å². The summed E-state index contributed by atoms with van der Waals surface area (Å²) in [6, 6.07) is 2.50. The Hall–Kier alpha value is -1.25. The van der Waals surface area contributed by atoms with Gasteiger partial charge in [0.05, 0.1) is 11.9 Å². The highest BCUT2D eigenvalue weighted by atomic mass is 15.2. The van der Waals surface area contributed by atoms with Gasteiger partial charge >= 0.3 is 0 Å². The van der Waals surface area contributed by atoms with E-state index in [1.54, 1.807) is 6.20 Å². The van der Waals surface area contributed by atoms with Crippen molar-refractivity contribution in [3.63, 3.8) is 0 Å². The molecule has 2 rings (SSSR count). The summed E-state index contributed by atoms with van der Waals surface area (Å²) in [7, 11) is 0. The lowest BCUT2D eigenvalue weighted by atomic mass is 10.2. The summed E-state index contributed by atoms with van der Waals surface area (Å²) in [6.45, 7) is 7.66. The van der Waals surface area contributed by atoms with Crippen LogP contribution in [0.3, 0.4) is 0 Å². The van der Waals surface area contributed by atoms with Crippen LogP contribution >= 0.6 is 0 Å². The van der Waals surface area contributed by atoms with Gasteiger partial charge in [0, 0.05) is 12.6 Å². The fraction of sp³-hybridized carbons (Fsp3) is 0.615. The molecule has 0 bridgehead atoms. The monoisotopic (exact) mass is 219 g/mol. The van der Waals surface area contributed by atoms with E-state index in [-0.39, 0.29) is 0 Å². The maximum Gasteiger partial charge on any atom is 0.131 e. The van der Waals surface area contributed by atoms with Crippen molar-refractivity contribution in [1.82, 2.24) is 4.98 Å². The molecule has 0 unspecified atom stereocenters. The second-order valence-electron chi connectivity index (χ2n) is 5.10. The van der Waals surface area contributed by atoms with Gasteiger partial charge in [-0.25, -0.2) is 4.98 Å². The first-order valence-electron chi connectivity index (χ1n) is 6.06. The highest BCUT2D eigenvalue weighted by molar-refractivity contribution is 5.53. The Morgan fingerprint density at radius 2 is 2.19 bits per heavy atom. The quantitative estimate of drug-likeness (QED) is 0.846. The zero-order valence-electron chi connectivity index (χ0n) is 10.4. The van der Waals surface area contributed by atoms with E-state index < -0.39 is 0 Å². The maximum absolute atomic E-state index is 5.74. The molecule has 1 aromatic heterocycles. The molecule has 0 aromatic carbocycles. The maximum atomic E-state index is 5.74. The number of aromatic nitrogens is 1. The van der Waals surface area contributed by atoms with Gasteiger partial charge in [0.2, 0.25) is 0 Å². The molecular weight excluding hydrogens is 198 g/mol. The summed E-state index contributed by atoms with van der Waals surface area (Å²) in [4.78, 5) is 6.88. The lowest BCUT2D eigenvalue weighted by molar-refractivity contribution is 0.635. The zero-order chi connectivity index (χ0) is 11.7. The van der Waals surface area contributed by atoms with Crippen LogP contribution in [0.4, 0.5) is 11.5 Å².